The van der Waals surface area contributed by atoms with E-state index in [1.54, 1.807) is 31.0 Å². The third-order valence-electron chi connectivity index (χ3n) is 2.36. The smallest absolute Gasteiger partial charge is 0.267 e. The van der Waals surface area contributed by atoms with E-state index in [0.29, 0.717) is 11.4 Å². The summed E-state index contributed by atoms with van der Waals surface area (Å²) in [5.41, 5.74) is 7.04. The second-order valence-corrected chi connectivity index (χ2v) is 3.35. The van der Waals surface area contributed by atoms with Gasteiger partial charge in [0.2, 0.25) is 0 Å². The molecule has 1 heterocycles. The Bertz CT molecular complexity index is 390. The summed E-state index contributed by atoms with van der Waals surface area (Å²) in [6, 6.07) is 5.38. The van der Waals surface area contributed by atoms with Gasteiger partial charge >= 0.3 is 0 Å². The number of nitrogens with two attached hydrogens (primary N) is 1. The van der Waals surface area contributed by atoms with Crippen LogP contribution in [0.5, 0.6) is 5.75 Å². The second kappa shape index (κ2) is 2.90. The molecule has 1 aromatic rings. The third-order valence-corrected chi connectivity index (χ3v) is 2.36. The van der Waals surface area contributed by atoms with Crippen molar-refractivity contribution < 1.29 is 9.53 Å². The van der Waals surface area contributed by atoms with E-state index in [1.807, 2.05) is 6.07 Å². The molecule has 1 amide bonds. The first-order chi connectivity index (χ1) is 6.61. The molecule has 0 bridgehead atoms. The van der Waals surface area contributed by atoms with Crippen LogP contribution in [0.4, 0.5) is 11.4 Å². The standard InChI is InChI=1S/C10H12N2O2/c1-6-10(13)12(2)8-5-3-4-7(11)9(8)14-6/h3-6H,11H2,1-2H3/t6-/m1/s1. The zero-order valence-electron chi connectivity index (χ0n) is 8.15. The summed E-state index contributed by atoms with van der Waals surface area (Å²) in [6.45, 7) is 1.72. The molecule has 4 heteroatoms. The summed E-state index contributed by atoms with van der Waals surface area (Å²) in [5, 5.41) is 0. The van der Waals surface area contributed by atoms with E-state index in [1.165, 1.54) is 0 Å². The molecule has 2 N–H and O–H groups in total. The van der Waals surface area contributed by atoms with Crippen molar-refractivity contribution in [3.63, 3.8) is 0 Å². The number of para-hydroxylation sites is 1. The van der Waals surface area contributed by atoms with Crippen LogP contribution in [-0.4, -0.2) is 19.1 Å². The first kappa shape index (κ1) is 8.87. The SMILES string of the molecule is C[C@H]1Oc2c(N)cccc2N(C)C1=O. The molecule has 1 aliphatic heterocycles. The molecule has 1 atom stereocenters. The maximum atomic E-state index is 11.6. The lowest BCUT2D eigenvalue weighted by molar-refractivity contribution is -0.125. The lowest BCUT2D eigenvalue weighted by Crippen LogP contribution is -2.42. The minimum Gasteiger partial charge on any atom is -0.477 e. The molecule has 0 aliphatic carbocycles. The largest absolute Gasteiger partial charge is 0.477 e. The number of amides is 1. The Labute approximate surface area is 82.3 Å². The highest BCUT2D eigenvalue weighted by Gasteiger charge is 2.29. The van der Waals surface area contributed by atoms with Crippen molar-refractivity contribution in [2.45, 2.75) is 13.0 Å². The fraction of sp³-hybridized carbons (Fsp3) is 0.300. The fourth-order valence-electron chi connectivity index (χ4n) is 1.55. The monoisotopic (exact) mass is 192 g/mol. The minimum absolute atomic E-state index is 0.0527. The number of carbonyl (C=O) groups excluding carboxylic acids is 1. The van der Waals surface area contributed by atoms with Gasteiger partial charge in [0.05, 0.1) is 11.4 Å². The first-order valence-corrected chi connectivity index (χ1v) is 4.44. The summed E-state index contributed by atoms with van der Waals surface area (Å²) in [5.74, 6) is 0.546. The van der Waals surface area contributed by atoms with Gasteiger partial charge in [-0.2, -0.15) is 0 Å². The summed E-state index contributed by atoms with van der Waals surface area (Å²) in [4.78, 5) is 13.1. The lowest BCUT2D eigenvalue weighted by atomic mass is 10.2. The Balaban J connectivity index is 2.56. The minimum atomic E-state index is -0.461. The molecule has 0 saturated heterocycles. The Hall–Kier alpha value is -1.71. The molecule has 1 aliphatic rings. The molecule has 14 heavy (non-hydrogen) atoms. The number of benzene rings is 1. The highest BCUT2D eigenvalue weighted by Crippen LogP contribution is 2.37. The van der Waals surface area contributed by atoms with Crippen molar-refractivity contribution in [3.8, 4) is 5.75 Å². The molecule has 0 aromatic heterocycles. The van der Waals surface area contributed by atoms with Crippen molar-refractivity contribution in [3.05, 3.63) is 18.2 Å². The van der Waals surface area contributed by atoms with E-state index in [2.05, 4.69) is 0 Å². The van der Waals surface area contributed by atoms with Gasteiger partial charge in [-0.3, -0.25) is 4.79 Å². The summed E-state index contributed by atoms with van der Waals surface area (Å²) in [6.07, 6.45) is -0.461. The third kappa shape index (κ3) is 1.11. The maximum absolute atomic E-state index is 11.6. The van der Waals surface area contributed by atoms with Crippen LogP contribution in [0.15, 0.2) is 18.2 Å². The number of carbonyl (C=O) groups is 1. The first-order valence-electron chi connectivity index (χ1n) is 4.44. The van der Waals surface area contributed by atoms with Crippen LogP contribution >= 0.6 is 0 Å². The highest BCUT2D eigenvalue weighted by atomic mass is 16.5. The maximum Gasteiger partial charge on any atom is 0.267 e. The van der Waals surface area contributed by atoms with Crippen LogP contribution in [0.2, 0.25) is 0 Å². The molecular formula is C10H12N2O2. The molecule has 0 spiro atoms. The zero-order chi connectivity index (χ0) is 10.3. The highest BCUT2D eigenvalue weighted by molar-refractivity contribution is 6.00. The van der Waals surface area contributed by atoms with Crippen molar-refractivity contribution in [1.29, 1.82) is 0 Å². The number of ether oxygens (including phenoxy) is 1. The summed E-state index contributed by atoms with van der Waals surface area (Å²) in [7, 11) is 1.72. The van der Waals surface area contributed by atoms with Crippen molar-refractivity contribution in [2.75, 3.05) is 17.7 Å². The molecule has 74 valence electrons. The van der Waals surface area contributed by atoms with Gasteiger partial charge in [-0.25, -0.2) is 0 Å². The van der Waals surface area contributed by atoms with E-state index in [4.69, 9.17) is 10.5 Å². The number of likely N-dealkylation sites (N-methyl/N-ethyl adjacent to an activating group) is 1. The van der Waals surface area contributed by atoms with Crippen LogP contribution in [-0.2, 0) is 4.79 Å². The number of hydrogen-bond donors (Lipinski definition) is 1. The Morgan fingerprint density at radius 1 is 1.50 bits per heavy atom. The van der Waals surface area contributed by atoms with Crippen molar-refractivity contribution >= 4 is 17.3 Å². The summed E-state index contributed by atoms with van der Waals surface area (Å²) < 4.78 is 5.43. The van der Waals surface area contributed by atoms with Crippen molar-refractivity contribution in [2.24, 2.45) is 0 Å². The molecule has 2 rings (SSSR count). The van der Waals surface area contributed by atoms with Crippen molar-refractivity contribution in [1.82, 2.24) is 0 Å². The van der Waals surface area contributed by atoms with Gasteiger partial charge in [0.15, 0.2) is 11.9 Å². The van der Waals surface area contributed by atoms with E-state index < -0.39 is 6.10 Å². The van der Waals surface area contributed by atoms with E-state index in [9.17, 15) is 4.79 Å². The Morgan fingerprint density at radius 2 is 2.21 bits per heavy atom. The second-order valence-electron chi connectivity index (χ2n) is 3.35. The van der Waals surface area contributed by atoms with Crippen LogP contribution < -0.4 is 15.4 Å². The van der Waals surface area contributed by atoms with Gasteiger partial charge in [0.25, 0.3) is 5.91 Å². The van der Waals surface area contributed by atoms with Gasteiger partial charge in [-0.1, -0.05) is 6.07 Å². The number of anilines is 2. The molecule has 0 radical (unpaired) electrons. The molecule has 0 saturated carbocycles. The molecule has 1 aromatic carbocycles. The normalized spacial score (nSPS) is 20.3. The molecule has 0 fully saturated rings. The van der Waals surface area contributed by atoms with Crippen LogP contribution in [0, 0.1) is 0 Å². The average Bonchev–Trinajstić information content (AvgIpc) is 2.17. The van der Waals surface area contributed by atoms with Gasteiger partial charge < -0.3 is 15.4 Å². The number of rotatable bonds is 0. The Morgan fingerprint density at radius 3 is 2.93 bits per heavy atom. The number of nitrogens with zero attached hydrogens (tertiary/aromatic N) is 1. The molecule has 0 unspecified atom stereocenters. The topological polar surface area (TPSA) is 55.6 Å². The molecule has 4 nitrogen and oxygen atoms in total. The fourth-order valence-corrected chi connectivity index (χ4v) is 1.55. The van der Waals surface area contributed by atoms with Crippen LogP contribution in [0.25, 0.3) is 0 Å². The zero-order valence-corrected chi connectivity index (χ0v) is 8.15. The predicted octanol–water partition coefficient (Wildman–Crippen LogP) is 1.01. The van der Waals surface area contributed by atoms with E-state index in [-0.39, 0.29) is 5.91 Å². The van der Waals surface area contributed by atoms with E-state index >= 15 is 0 Å². The molecular weight excluding hydrogens is 180 g/mol. The quantitative estimate of drug-likeness (QED) is 0.624. The van der Waals surface area contributed by atoms with Gasteiger partial charge in [0.1, 0.15) is 0 Å². The average molecular weight is 192 g/mol. The lowest BCUT2D eigenvalue weighted by Gasteiger charge is -2.30. The predicted molar refractivity (Wildman–Crippen MR) is 54.4 cm³/mol. The number of nitrogen functional groups attached to an aromatic ring is 1. The number of hydrogen-bond acceptors (Lipinski definition) is 3. The van der Waals surface area contributed by atoms with Crippen LogP contribution in [0.1, 0.15) is 6.92 Å². The number of fused-ring (bicyclic) bond motifs is 1. The van der Waals surface area contributed by atoms with Gasteiger partial charge in [-0.15, -0.1) is 0 Å². The van der Waals surface area contributed by atoms with Crippen LogP contribution in [0.3, 0.4) is 0 Å². The van der Waals surface area contributed by atoms with Gasteiger partial charge in [-0.05, 0) is 19.1 Å². The summed E-state index contributed by atoms with van der Waals surface area (Å²) >= 11 is 0. The van der Waals surface area contributed by atoms with E-state index in [0.717, 1.165) is 5.69 Å². The Kier molecular flexibility index (Phi) is 1.84. The van der Waals surface area contributed by atoms with Gasteiger partial charge in [0, 0.05) is 7.05 Å².